The van der Waals surface area contributed by atoms with Crippen LogP contribution in [0.4, 0.5) is 0 Å². The fraction of sp³-hybridized carbons (Fsp3) is 0.316. The number of carbonyl (C=O) groups excluding carboxylic acids is 1. The summed E-state index contributed by atoms with van der Waals surface area (Å²) in [5.74, 6) is 1.79. The molecule has 1 heterocycles. The van der Waals surface area contributed by atoms with Gasteiger partial charge in [-0.3, -0.25) is 4.79 Å². The first-order valence-electron chi connectivity index (χ1n) is 7.92. The molecular formula is C19H21NO4. The van der Waals surface area contributed by atoms with Gasteiger partial charge in [-0.2, -0.15) is 0 Å². The molecule has 0 aromatic heterocycles. The van der Waals surface area contributed by atoms with E-state index in [1.165, 1.54) is 0 Å². The second-order valence-electron chi connectivity index (χ2n) is 5.84. The Balaban J connectivity index is 1.70. The number of aryl methyl sites for hydroxylation is 1. The summed E-state index contributed by atoms with van der Waals surface area (Å²) in [4.78, 5) is 12.5. The van der Waals surface area contributed by atoms with Crippen LogP contribution < -0.4 is 19.5 Å². The van der Waals surface area contributed by atoms with E-state index in [-0.39, 0.29) is 18.6 Å². The number of para-hydroxylation sites is 2. The number of rotatable bonds is 4. The second-order valence-corrected chi connectivity index (χ2v) is 5.84. The van der Waals surface area contributed by atoms with Crippen molar-refractivity contribution in [2.45, 2.75) is 26.0 Å². The molecule has 2 atom stereocenters. The van der Waals surface area contributed by atoms with Gasteiger partial charge in [0.25, 0.3) is 5.91 Å². The number of carbonyl (C=O) groups is 1. The molecule has 0 saturated carbocycles. The molecule has 5 heteroatoms. The summed E-state index contributed by atoms with van der Waals surface area (Å²) < 4.78 is 16.7. The van der Waals surface area contributed by atoms with Crippen molar-refractivity contribution in [3.63, 3.8) is 0 Å². The van der Waals surface area contributed by atoms with Gasteiger partial charge in [-0.1, -0.05) is 29.8 Å². The van der Waals surface area contributed by atoms with E-state index < -0.39 is 6.10 Å². The van der Waals surface area contributed by atoms with Crippen molar-refractivity contribution in [2.24, 2.45) is 0 Å². The molecule has 0 unspecified atom stereocenters. The van der Waals surface area contributed by atoms with E-state index in [0.29, 0.717) is 11.5 Å². The number of ether oxygens (including phenoxy) is 3. The summed E-state index contributed by atoms with van der Waals surface area (Å²) in [7, 11) is 1.62. The largest absolute Gasteiger partial charge is 0.496 e. The minimum atomic E-state index is -0.668. The zero-order chi connectivity index (χ0) is 17.1. The Bertz CT molecular complexity index is 744. The number of fused-ring (bicyclic) bond motifs is 1. The van der Waals surface area contributed by atoms with Crippen molar-refractivity contribution >= 4 is 5.91 Å². The average molecular weight is 327 g/mol. The van der Waals surface area contributed by atoms with Gasteiger partial charge in [-0.05, 0) is 32.0 Å². The zero-order valence-corrected chi connectivity index (χ0v) is 14.0. The van der Waals surface area contributed by atoms with Gasteiger partial charge in [0, 0.05) is 5.56 Å². The molecule has 1 aliphatic rings. The molecule has 0 saturated heterocycles. The van der Waals surface area contributed by atoms with Crippen molar-refractivity contribution in [3.8, 4) is 17.2 Å². The highest BCUT2D eigenvalue weighted by Crippen LogP contribution is 2.31. The monoisotopic (exact) mass is 327 g/mol. The highest BCUT2D eigenvalue weighted by atomic mass is 16.6. The minimum absolute atomic E-state index is 0.195. The third-order valence-corrected chi connectivity index (χ3v) is 4.01. The Morgan fingerprint density at radius 2 is 2.00 bits per heavy atom. The molecule has 1 amide bonds. The maximum atomic E-state index is 12.5. The lowest BCUT2D eigenvalue weighted by Gasteiger charge is -2.27. The first kappa shape index (κ1) is 16.2. The van der Waals surface area contributed by atoms with Gasteiger partial charge in [-0.25, -0.2) is 0 Å². The molecule has 2 aromatic rings. The third-order valence-electron chi connectivity index (χ3n) is 4.01. The molecule has 24 heavy (non-hydrogen) atoms. The topological polar surface area (TPSA) is 56.8 Å². The molecule has 1 aliphatic heterocycles. The summed E-state index contributed by atoms with van der Waals surface area (Å²) in [5, 5.41) is 2.97. The van der Waals surface area contributed by atoms with Crippen molar-refractivity contribution in [1.29, 1.82) is 0 Å². The summed E-state index contributed by atoms with van der Waals surface area (Å²) in [6.45, 7) is 4.12. The Hall–Kier alpha value is -2.69. The van der Waals surface area contributed by atoms with Crippen LogP contribution in [-0.2, 0) is 4.79 Å². The van der Waals surface area contributed by atoms with Gasteiger partial charge in [-0.15, -0.1) is 0 Å². The molecule has 0 radical (unpaired) electrons. The van der Waals surface area contributed by atoms with Crippen LogP contribution in [0.2, 0.25) is 0 Å². The lowest BCUT2D eigenvalue weighted by molar-refractivity contribution is -0.131. The van der Waals surface area contributed by atoms with Gasteiger partial charge in [0.15, 0.2) is 11.5 Å². The smallest absolute Gasteiger partial charge is 0.265 e. The van der Waals surface area contributed by atoms with Crippen molar-refractivity contribution in [2.75, 3.05) is 13.7 Å². The summed E-state index contributed by atoms with van der Waals surface area (Å²) >= 11 is 0. The lowest BCUT2D eigenvalue weighted by Crippen LogP contribution is -2.44. The number of benzene rings is 2. The van der Waals surface area contributed by atoms with Crippen LogP contribution in [0.3, 0.4) is 0 Å². The fourth-order valence-electron chi connectivity index (χ4n) is 2.72. The maximum Gasteiger partial charge on any atom is 0.265 e. The van der Waals surface area contributed by atoms with E-state index in [4.69, 9.17) is 14.2 Å². The van der Waals surface area contributed by atoms with E-state index >= 15 is 0 Å². The standard InChI is InChI=1S/C19H21NO4/c1-12-8-9-15(22-3)14(10-12)13(2)20-19(21)18-11-23-16-6-4-5-7-17(16)24-18/h4-10,13,18H,11H2,1-3H3,(H,20,21)/t13-,18+/m0/s1. The van der Waals surface area contributed by atoms with Crippen LogP contribution in [0.5, 0.6) is 17.2 Å². The summed E-state index contributed by atoms with van der Waals surface area (Å²) in [6.07, 6.45) is -0.668. The van der Waals surface area contributed by atoms with E-state index in [1.54, 1.807) is 13.2 Å². The van der Waals surface area contributed by atoms with Crippen molar-refractivity contribution in [1.82, 2.24) is 5.32 Å². The number of hydrogen-bond donors (Lipinski definition) is 1. The van der Waals surface area contributed by atoms with Crippen molar-refractivity contribution < 1.29 is 19.0 Å². The predicted octanol–water partition coefficient (Wildman–Crippen LogP) is 3.02. The first-order chi connectivity index (χ1) is 11.6. The molecule has 0 bridgehead atoms. The summed E-state index contributed by atoms with van der Waals surface area (Å²) in [5.41, 5.74) is 2.04. The predicted molar refractivity (Wildman–Crippen MR) is 90.6 cm³/mol. The Labute approximate surface area is 141 Å². The molecule has 126 valence electrons. The molecule has 1 N–H and O–H groups in total. The highest BCUT2D eigenvalue weighted by Gasteiger charge is 2.28. The van der Waals surface area contributed by atoms with E-state index in [2.05, 4.69) is 5.32 Å². The van der Waals surface area contributed by atoms with Gasteiger partial charge >= 0.3 is 0 Å². The first-order valence-corrected chi connectivity index (χ1v) is 7.92. The molecule has 0 fully saturated rings. The van der Waals surface area contributed by atoms with Gasteiger partial charge < -0.3 is 19.5 Å². The zero-order valence-electron chi connectivity index (χ0n) is 14.0. The van der Waals surface area contributed by atoms with Crippen LogP contribution >= 0.6 is 0 Å². The number of methoxy groups -OCH3 is 1. The highest BCUT2D eigenvalue weighted by molar-refractivity contribution is 5.82. The Kier molecular flexibility index (Phi) is 4.60. The van der Waals surface area contributed by atoms with E-state index in [9.17, 15) is 4.79 Å². The van der Waals surface area contributed by atoms with Crippen molar-refractivity contribution in [3.05, 3.63) is 53.6 Å². The second kappa shape index (κ2) is 6.83. The molecule has 0 spiro atoms. The molecular weight excluding hydrogens is 306 g/mol. The van der Waals surface area contributed by atoms with Crippen LogP contribution in [0.15, 0.2) is 42.5 Å². The number of hydrogen-bond acceptors (Lipinski definition) is 4. The van der Waals surface area contributed by atoms with Gasteiger partial charge in [0.1, 0.15) is 12.4 Å². The van der Waals surface area contributed by atoms with Gasteiger partial charge in [0.05, 0.1) is 13.2 Å². The van der Waals surface area contributed by atoms with Crippen LogP contribution in [0.25, 0.3) is 0 Å². The normalized spacial score (nSPS) is 17.0. The Morgan fingerprint density at radius 3 is 2.75 bits per heavy atom. The molecule has 2 aromatic carbocycles. The van der Waals surface area contributed by atoms with Gasteiger partial charge in [0.2, 0.25) is 6.10 Å². The third kappa shape index (κ3) is 3.30. The maximum absolute atomic E-state index is 12.5. The molecule has 3 rings (SSSR count). The average Bonchev–Trinajstić information content (AvgIpc) is 2.61. The fourth-order valence-corrected chi connectivity index (χ4v) is 2.72. The Morgan fingerprint density at radius 1 is 1.25 bits per heavy atom. The summed E-state index contributed by atoms with van der Waals surface area (Å²) in [6, 6.07) is 13.0. The van der Waals surface area contributed by atoms with Crippen LogP contribution in [0, 0.1) is 6.92 Å². The van der Waals surface area contributed by atoms with E-state index in [1.807, 2.05) is 50.2 Å². The van der Waals surface area contributed by atoms with Crippen LogP contribution in [-0.4, -0.2) is 25.7 Å². The molecule has 0 aliphatic carbocycles. The molecule has 5 nitrogen and oxygen atoms in total. The van der Waals surface area contributed by atoms with Crippen LogP contribution in [0.1, 0.15) is 24.1 Å². The minimum Gasteiger partial charge on any atom is -0.496 e. The SMILES string of the molecule is COc1ccc(C)cc1[C@H](C)NC(=O)[C@H]1COc2ccccc2O1. The van der Waals surface area contributed by atoms with E-state index in [0.717, 1.165) is 16.9 Å². The lowest BCUT2D eigenvalue weighted by atomic mass is 10.0. The number of amides is 1. The number of nitrogens with one attached hydrogen (secondary N) is 1. The quantitative estimate of drug-likeness (QED) is 0.938.